The van der Waals surface area contributed by atoms with Crippen molar-refractivity contribution >= 4 is 16.0 Å². The summed E-state index contributed by atoms with van der Waals surface area (Å²) in [5.74, 6) is 0.451. The van der Waals surface area contributed by atoms with Crippen molar-refractivity contribution in [3.8, 4) is 17.1 Å². The fourth-order valence-electron chi connectivity index (χ4n) is 4.04. The first-order valence-corrected chi connectivity index (χ1v) is 12.5. The van der Waals surface area contributed by atoms with E-state index < -0.39 is 10.0 Å². The van der Waals surface area contributed by atoms with Crippen LogP contribution < -0.4 is 9.46 Å². The lowest BCUT2D eigenvalue weighted by molar-refractivity contribution is 0.147. The maximum atomic E-state index is 12.9. The van der Waals surface area contributed by atoms with E-state index in [1.54, 1.807) is 7.05 Å². The lowest BCUT2D eigenvalue weighted by atomic mass is 9.97. The molecule has 1 aliphatic rings. The number of nitrogens with one attached hydrogen (secondary N) is 1. The number of benzene rings is 1. The highest BCUT2D eigenvalue weighted by Gasteiger charge is 2.24. The van der Waals surface area contributed by atoms with E-state index in [4.69, 9.17) is 4.74 Å². The van der Waals surface area contributed by atoms with E-state index in [1.165, 1.54) is 23.5 Å². The predicted octanol–water partition coefficient (Wildman–Crippen LogP) is 4.26. The Morgan fingerprint density at radius 1 is 1.16 bits per heavy atom. The van der Waals surface area contributed by atoms with Gasteiger partial charge in [0.25, 0.3) is 10.0 Å². The summed E-state index contributed by atoms with van der Waals surface area (Å²) in [5.41, 5.74) is 3.55. The Balaban J connectivity index is 1.79. The maximum Gasteiger partial charge on any atom is 0.267 e. The number of nitrogens with zero attached hydrogens (tertiary/aromatic N) is 4. The van der Waals surface area contributed by atoms with Crippen LogP contribution in [0.1, 0.15) is 50.2 Å². The van der Waals surface area contributed by atoms with Crippen LogP contribution in [-0.4, -0.2) is 34.3 Å². The molecule has 0 spiro atoms. The van der Waals surface area contributed by atoms with Gasteiger partial charge in [-0.2, -0.15) is 10.1 Å². The molecule has 2 aromatic heterocycles. The second-order valence-electron chi connectivity index (χ2n) is 8.18. The number of hydrogen-bond acceptors (Lipinski definition) is 6. The van der Waals surface area contributed by atoms with Crippen molar-refractivity contribution in [1.82, 2.24) is 19.7 Å². The number of anilines is 1. The third-order valence-electron chi connectivity index (χ3n) is 5.77. The van der Waals surface area contributed by atoms with Crippen LogP contribution in [0, 0.1) is 6.92 Å². The van der Waals surface area contributed by atoms with Crippen molar-refractivity contribution in [3.63, 3.8) is 0 Å². The summed E-state index contributed by atoms with van der Waals surface area (Å²) in [6.45, 7) is 4.05. The van der Waals surface area contributed by atoms with Crippen LogP contribution in [0.25, 0.3) is 11.3 Å². The first-order chi connectivity index (χ1) is 15.4. The summed E-state index contributed by atoms with van der Waals surface area (Å²) in [5, 5.41) is 3.96. The fraction of sp³-hybridized carbons (Fsp3) is 0.435. The first-order valence-electron chi connectivity index (χ1n) is 11.0. The quantitative estimate of drug-likeness (QED) is 0.571. The Morgan fingerprint density at radius 3 is 2.56 bits per heavy atom. The third kappa shape index (κ3) is 4.77. The predicted molar refractivity (Wildman–Crippen MR) is 123 cm³/mol. The molecule has 1 aromatic carbocycles. The van der Waals surface area contributed by atoms with Crippen molar-refractivity contribution < 1.29 is 13.2 Å². The maximum absolute atomic E-state index is 12.9. The van der Waals surface area contributed by atoms with E-state index in [0.29, 0.717) is 18.0 Å². The van der Waals surface area contributed by atoms with Crippen molar-refractivity contribution in [2.75, 3.05) is 4.72 Å². The minimum atomic E-state index is -3.88. The second-order valence-corrected chi connectivity index (χ2v) is 9.86. The van der Waals surface area contributed by atoms with Crippen molar-refractivity contribution in [3.05, 3.63) is 47.8 Å². The molecule has 0 unspecified atom stereocenters. The molecule has 9 heteroatoms. The van der Waals surface area contributed by atoms with Crippen LogP contribution in [0.2, 0.25) is 0 Å². The Hall–Kier alpha value is -2.94. The summed E-state index contributed by atoms with van der Waals surface area (Å²) in [6, 6.07) is 7.92. The number of rotatable bonds is 7. The summed E-state index contributed by atoms with van der Waals surface area (Å²) >= 11 is 0. The van der Waals surface area contributed by atoms with Crippen LogP contribution in [-0.2, 0) is 23.5 Å². The molecule has 1 N–H and O–H groups in total. The summed E-state index contributed by atoms with van der Waals surface area (Å²) in [7, 11) is -2.22. The molecule has 3 aromatic rings. The average molecular weight is 456 g/mol. The average Bonchev–Trinajstić information content (AvgIpc) is 3.22. The van der Waals surface area contributed by atoms with Crippen molar-refractivity contribution in [1.29, 1.82) is 0 Å². The molecule has 0 atom stereocenters. The summed E-state index contributed by atoms with van der Waals surface area (Å²) in [6.07, 6.45) is 8.90. The monoisotopic (exact) mass is 455 g/mol. The van der Waals surface area contributed by atoms with Gasteiger partial charge in [0.15, 0.2) is 0 Å². The molecule has 0 aliphatic heterocycles. The topological polar surface area (TPSA) is 99.0 Å². The third-order valence-corrected chi connectivity index (χ3v) is 7.05. The van der Waals surface area contributed by atoms with E-state index in [-0.39, 0.29) is 16.9 Å². The molecule has 1 saturated carbocycles. The van der Waals surface area contributed by atoms with Gasteiger partial charge in [-0.05, 0) is 44.6 Å². The van der Waals surface area contributed by atoms with Gasteiger partial charge >= 0.3 is 0 Å². The van der Waals surface area contributed by atoms with E-state index in [1.807, 2.05) is 38.1 Å². The SMILES string of the molecule is CCc1c(OC2CCCCC2)nc(NS(=O)(=O)c2cnn(C)c2)nc1-c1ccccc1C. The van der Waals surface area contributed by atoms with Crippen molar-refractivity contribution in [2.45, 2.75) is 63.4 Å². The van der Waals surface area contributed by atoms with Gasteiger partial charge in [0, 0.05) is 24.4 Å². The van der Waals surface area contributed by atoms with Gasteiger partial charge in [-0.25, -0.2) is 18.1 Å². The molecule has 32 heavy (non-hydrogen) atoms. The highest BCUT2D eigenvalue weighted by molar-refractivity contribution is 7.92. The zero-order chi connectivity index (χ0) is 22.7. The normalized spacial score (nSPS) is 15.0. The molecular formula is C23H29N5O3S. The Morgan fingerprint density at radius 2 is 1.91 bits per heavy atom. The largest absolute Gasteiger partial charge is 0.474 e. The van der Waals surface area contributed by atoms with Gasteiger partial charge in [-0.1, -0.05) is 37.6 Å². The molecule has 8 nitrogen and oxygen atoms in total. The van der Waals surface area contributed by atoms with E-state index in [0.717, 1.165) is 42.4 Å². The van der Waals surface area contributed by atoms with E-state index in [2.05, 4.69) is 19.8 Å². The molecule has 1 fully saturated rings. The minimum Gasteiger partial charge on any atom is -0.474 e. The molecule has 0 saturated heterocycles. The number of aryl methyl sites for hydroxylation is 2. The summed E-state index contributed by atoms with van der Waals surface area (Å²) < 4.78 is 36.1. The molecule has 0 amide bonds. The molecule has 0 bridgehead atoms. The van der Waals surface area contributed by atoms with Gasteiger partial charge in [0.1, 0.15) is 11.0 Å². The van der Waals surface area contributed by atoms with Crippen LogP contribution in [0.4, 0.5) is 5.95 Å². The highest BCUT2D eigenvalue weighted by Crippen LogP contribution is 2.34. The molecule has 2 heterocycles. The van der Waals surface area contributed by atoms with E-state index >= 15 is 0 Å². The van der Waals surface area contributed by atoms with Crippen LogP contribution in [0.3, 0.4) is 0 Å². The standard InChI is InChI=1S/C23H29N5O3S/c1-4-19-21(20-13-9-8-10-16(20)2)25-23(26-22(19)31-17-11-6-5-7-12-17)27-32(29,30)18-14-24-28(3)15-18/h8-10,13-15,17H,4-7,11-12H2,1-3H3,(H,25,26,27). The van der Waals surface area contributed by atoms with Gasteiger partial charge in [-0.15, -0.1) is 0 Å². The first kappa shape index (κ1) is 22.3. The zero-order valence-electron chi connectivity index (χ0n) is 18.7. The van der Waals surface area contributed by atoms with Gasteiger partial charge in [0.2, 0.25) is 11.8 Å². The number of aromatic nitrogens is 4. The molecule has 170 valence electrons. The Labute approximate surface area is 189 Å². The zero-order valence-corrected chi connectivity index (χ0v) is 19.5. The van der Waals surface area contributed by atoms with E-state index in [9.17, 15) is 8.42 Å². The van der Waals surface area contributed by atoms with Crippen LogP contribution >= 0.6 is 0 Å². The fourth-order valence-corrected chi connectivity index (χ4v) is 4.97. The smallest absolute Gasteiger partial charge is 0.267 e. The second kappa shape index (κ2) is 9.28. The number of sulfonamides is 1. The highest BCUT2D eigenvalue weighted by atomic mass is 32.2. The Kier molecular flexibility index (Phi) is 6.45. The molecular weight excluding hydrogens is 426 g/mol. The molecule has 0 radical (unpaired) electrons. The van der Waals surface area contributed by atoms with Crippen molar-refractivity contribution in [2.24, 2.45) is 7.05 Å². The Bertz CT molecular complexity index is 1200. The lowest BCUT2D eigenvalue weighted by Gasteiger charge is -2.24. The van der Waals surface area contributed by atoms with Gasteiger partial charge in [0.05, 0.1) is 11.9 Å². The number of ether oxygens (including phenoxy) is 1. The lowest BCUT2D eigenvalue weighted by Crippen LogP contribution is -2.22. The minimum absolute atomic E-state index is 0.00452. The molecule has 4 rings (SSSR count). The van der Waals surface area contributed by atoms with Crippen LogP contribution in [0.5, 0.6) is 5.88 Å². The van der Waals surface area contributed by atoms with Crippen LogP contribution in [0.15, 0.2) is 41.6 Å². The number of hydrogen-bond donors (Lipinski definition) is 1. The molecule has 1 aliphatic carbocycles. The van der Waals surface area contributed by atoms with Gasteiger partial charge in [-0.3, -0.25) is 4.68 Å². The van der Waals surface area contributed by atoms with Gasteiger partial charge < -0.3 is 4.74 Å². The summed E-state index contributed by atoms with van der Waals surface area (Å²) in [4.78, 5) is 9.21.